The van der Waals surface area contributed by atoms with E-state index in [2.05, 4.69) is 15.3 Å². The fourth-order valence-electron chi connectivity index (χ4n) is 1.03. The van der Waals surface area contributed by atoms with Crippen molar-refractivity contribution in [3.05, 3.63) is 23.7 Å². The summed E-state index contributed by atoms with van der Waals surface area (Å²) in [4.78, 5) is 0. The van der Waals surface area contributed by atoms with Crippen molar-refractivity contribution in [3.8, 4) is 0 Å². The van der Waals surface area contributed by atoms with Crippen molar-refractivity contribution in [3.63, 3.8) is 0 Å². The summed E-state index contributed by atoms with van der Waals surface area (Å²) in [6.45, 7) is 3.87. The van der Waals surface area contributed by atoms with E-state index in [1.807, 2.05) is 19.9 Å². The van der Waals surface area contributed by atoms with Gasteiger partial charge < -0.3 is 0 Å². The van der Waals surface area contributed by atoms with Gasteiger partial charge in [-0.25, -0.2) is 0 Å². The molecule has 4 nitrogen and oxygen atoms in total. The van der Waals surface area contributed by atoms with Crippen LogP contribution in [0.15, 0.2) is 12.3 Å². The number of aromatic nitrogens is 4. The lowest BCUT2D eigenvalue weighted by atomic mass is 10.3. The summed E-state index contributed by atoms with van der Waals surface area (Å²) in [5.41, 5.74) is 1.94. The summed E-state index contributed by atoms with van der Waals surface area (Å²) in [5.74, 6) is 0.823. The fourth-order valence-corrected chi connectivity index (χ4v) is 1.03. The molecule has 0 aromatic carbocycles. The van der Waals surface area contributed by atoms with E-state index in [0.29, 0.717) is 0 Å². The van der Waals surface area contributed by atoms with Crippen molar-refractivity contribution in [2.24, 2.45) is 0 Å². The summed E-state index contributed by atoms with van der Waals surface area (Å²) in [6.07, 6.45) is 1.75. The van der Waals surface area contributed by atoms with Gasteiger partial charge in [0.25, 0.3) is 0 Å². The lowest BCUT2D eigenvalue weighted by Crippen LogP contribution is -1.94. The van der Waals surface area contributed by atoms with Crippen LogP contribution in [0.3, 0.4) is 0 Å². The Labute approximate surface area is 63.9 Å². The van der Waals surface area contributed by atoms with Gasteiger partial charge in [-0.15, -0.1) is 10.2 Å². The minimum atomic E-state index is 0.823. The first-order valence-corrected chi connectivity index (χ1v) is 3.42. The molecule has 0 saturated heterocycles. The molecule has 11 heavy (non-hydrogen) atoms. The molecule has 0 fully saturated rings. The predicted molar refractivity (Wildman–Crippen MR) is 40.3 cm³/mol. The minimum Gasteiger partial charge on any atom is -0.197 e. The van der Waals surface area contributed by atoms with Crippen molar-refractivity contribution in [2.75, 3.05) is 0 Å². The normalized spacial score (nSPS) is 10.7. The maximum Gasteiger partial charge on any atom is 0.180 e. The van der Waals surface area contributed by atoms with Crippen molar-refractivity contribution in [2.45, 2.75) is 13.8 Å². The van der Waals surface area contributed by atoms with Gasteiger partial charge in [0.1, 0.15) is 0 Å². The average molecular weight is 148 g/mol. The van der Waals surface area contributed by atoms with E-state index in [4.69, 9.17) is 0 Å². The van der Waals surface area contributed by atoms with E-state index >= 15 is 0 Å². The number of aryl methyl sites for hydroxylation is 2. The Kier molecular flexibility index (Phi) is 1.15. The Balaban J connectivity index is 2.94. The summed E-state index contributed by atoms with van der Waals surface area (Å²) in [6, 6.07) is 1.92. The van der Waals surface area contributed by atoms with Crippen LogP contribution in [0.4, 0.5) is 0 Å². The first-order valence-electron chi connectivity index (χ1n) is 3.42. The maximum atomic E-state index is 4.09. The molecule has 0 aliphatic heterocycles. The molecule has 2 aromatic heterocycles. The molecule has 0 radical (unpaired) electrons. The lowest BCUT2D eigenvalue weighted by molar-refractivity contribution is 0.871. The van der Waals surface area contributed by atoms with Gasteiger partial charge >= 0.3 is 0 Å². The largest absolute Gasteiger partial charge is 0.197 e. The highest BCUT2D eigenvalue weighted by molar-refractivity contribution is 5.44. The zero-order chi connectivity index (χ0) is 7.84. The Morgan fingerprint density at radius 3 is 2.82 bits per heavy atom. The first kappa shape index (κ1) is 6.27. The van der Waals surface area contributed by atoms with Crippen LogP contribution in [-0.2, 0) is 0 Å². The van der Waals surface area contributed by atoms with E-state index in [1.165, 1.54) is 0 Å². The highest BCUT2D eigenvalue weighted by Gasteiger charge is 2.01. The van der Waals surface area contributed by atoms with Crippen molar-refractivity contribution in [1.29, 1.82) is 0 Å². The summed E-state index contributed by atoms with van der Waals surface area (Å²) >= 11 is 0. The van der Waals surface area contributed by atoms with Crippen LogP contribution < -0.4 is 0 Å². The summed E-state index contributed by atoms with van der Waals surface area (Å²) in [7, 11) is 0. The molecule has 0 aliphatic carbocycles. The van der Waals surface area contributed by atoms with Crippen LogP contribution >= 0.6 is 0 Å². The van der Waals surface area contributed by atoms with Gasteiger partial charge in [-0.1, -0.05) is 0 Å². The standard InChI is InChI=1S/C7H8N4/c1-5-3-4-8-11-6(2)9-10-7(5)11/h3-4H,1-2H3. The second kappa shape index (κ2) is 2.02. The van der Waals surface area contributed by atoms with Gasteiger partial charge in [-0.05, 0) is 25.5 Å². The van der Waals surface area contributed by atoms with E-state index in [9.17, 15) is 0 Å². The first-order chi connectivity index (χ1) is 5.29. The SMILES string of the molecule is Cc1ccnn2c(C)nnc12. The third kappa shape index (κ3) is 0.790. The highest BCUT2D eigenvalue weighted by Crippen LogP contribution is 2.04. The molecule has 0 amide bonds. The smallest absolute Gasteiger partial charge is 0.180 e. The van der Waals surface area contributed by atoms with Crippen molar-refractivity contribution in [1.82, 2.24) is 19.8 Å². The zero-order valence-electron chi connectivity index (χ0n) is 6.44. The van der Waals surface area contributed by atoms with Gasteiger partial charge in [-0.3, -0.25) is 0 Å². The van der Waals surface area contributed by atoms with Crippen LogP contribution in [-0.4, -0.2) is 19.8 Å². The Hall–Kier alpha value is -1.45. The van der Waals surface area contributed by atoms with E-state index < -0.39 is 0 Å². The van der Waals surface area contributed by atoms with Crippen LogP contribution in [0.5, 0.6) is 0 Å². The van der Waals surface area contributed by atoms with Crippen molar-refractivity contribution >= 4 is 5.65 Å². The maximum absolute atomic E-state index is 4.09. The third-order valence-corrected chi connectivity index (χ3v) is 1.66. The topological polar surface area (TPSA) is 43.1 Å². The van der Waals surface area contributed by atoms with Gasteiger partial charge in [0.2, 0.25) is 0 Å². The molecular weight excluding hydrogens is 140 g/mol. The van der Waals surface area contributed by atoms with Crippen LogP contribution in [0.25, 0.3) is 5.65 Å². The number of fused-ring (bicyclic) bond motifs is 1. The van der Waals surface area contributed by atoms with Crippen molar-refractivity contribution < 1.29 is 0 Å². The van der Waals surface area contributed by atoms with Crippen LogP contribution in [0.1, 0.15) is 11.4 Å². The number of hydrogen-bond acceptors (Lipinski definition) is 3. The van der Waals surface area contributed by atoms with Crippen LogP contribution in [0, 0.1) is 13.8 Å². The molecular formula is C7H8N4. The second-order valence-electron chi connectivity index (χ2n) is 2.50. The zero-order valence-corrected chi connectivity index (χ0v) is 6.44. The Bertz CT molecular complexity index is 390. The number of rotatable bonds is 0. The lowest BCUT2D eigenvalue weighted by Gasteiger charge is -1.93. The van der Waals surface area contributed by atoms with Gasteiger partial charge in [0.15, 0.2) is 11.5 Å². The molecule has 0 saturated carbocycles. The Morgan fingerprint density at radius 2 is 2.09 bits per heavy atom. The van der Waals surface area contributed by atoms with Gasteiger partial charge in [0.05, 0.1) is 0 Å². The van der Waals surface area contributed by atoms with Crippen LogP contribution in [0.2, 0.25) is 0 Å². The average Bonchev–Trinajstić information content (AvgIpc) is 2.35. The predicted octanol–water partition coefficient (Wildman–Crippen LogP) is 0.741. The Morgan fingerprint density at radius 1 is 1.27 bits per heavy atom. The molecule has 0 spiro atoms. The van der Waals surface area contributed by atoms with Gasteiger partial charge in [-0.2, -0.15) is 9.61 Å². The monoisotopic (exact) mass is 148 g/mol. The molecule has 0 N–H and O–H groups in total. The van der Waals surface area contributed by atoms with E-state index in [0.717, 1.165) is 17.0 Å². The summed E-state index contributed by atoms with van der Waals surface area (Å²) in [5, 5.41) is 12.0. The van der Waals surface area contributed by atoms with Gasteiger partial charge in [0, 0.05) is 6.20 Å². The molecule has 4 heteroatoms. The molecule has 0 unspecified atom stereocenters. The molecule has 0 bridgehead atoms. The molecule has 2 aromatic rings. The third-order valence-electron chi connectivity index (χ3n) is 1.66. The van der Waals surface area contributed by atoms with E-state index in [-0.39, 0.29) is 0 Å². The highest BCUT2D eigenvalue weighted by atomic mass is 15.4. The molecule has 2 rings (SSSR count). The molecule has 0 aliphatic rings. The summed E-state index contributed by atoms with van der Waals surface area (Å²) < 4.78 is 1.73. The second-order valence-corrected chi connectivity index (χ2v) is 2.50. The number of hydrogen-bond donors (Lipinski definition) is 0. The minimum absolute atomic E-state index is 0.823. The fraction of sp³-hybridized carbons (Fsp3) is 0.286. The quantitative estimate of drug-likeness (QED) is 0.553. The molecule has 0 atom stereocenters. The number of nitrogens with zero attached hydrogens (tertiary/aromatic N) is 4. The molecule has 2 heterocycles. The molecule has 56 valence electrons. The van der Waals surface area contributed by atoms with E-state index in [1.54, 1.807) is 10.7 Å².